The predicted octanol–water partition coefficient (Wildman–Crippen LogP) is 3.75. The first-order chi connectivity index (χ1) is 14.1. The molecule has 5 nitrogen and oxygen atoms in total. The molecule has 0 aliphatic carbocycles. The maximum atomic E-state index is 13.6. The standard InChI is InChI=1S/C24H30N2O3/c1-25(2)21-6-4-5-18(13-21)24(27)26-16-19-7-8-22(28-3)14-20(19)15-23(26)17-9-11-29-12-10-17/h4-8,13-14,17,23H,9-12,15-16H2,1-3H3/t23-/m1/s1. The number of ether oxygens (including phenoxy) is 2. The third-order valence-corrected chi connectivity index (χ3v) is 6.26. The first-order valence-corrected chi connectivity index (χ1v) is 10.4. The molecule has 1 fully saturated rings. The Balaban J connectivity index is 1.68. The molecule has 1 atom stereocenters. The number of nitrogens with zero attached hydrogens (tertiary/aromatic N) is 2. The van der Waals surface area contributed by atoms with E-state index in [2.05, 4.69) is 17.0 Å². The first-order valence-electron chi connectivity index (χ1n) is 10.4. The average Bonchev–Trinajstić information content (AvgIpc) is 2.78. The second-order valence-corrected chi connectivity index (χ2v) is 8.23. The van der Waals surface area contributed by atoms with E-state index in [1.54, 1.807) is 7.11 Å². The van der Waals surface area contributed by atoms with Crippen molar-refractivity contribution in [1.29, 1.82) is 0 Å². The molecule has 5 heteroatoms. The molecule has 2 aromatic carbocycles. The van der Waals surface area contributed by atoms with Crippen LogP contribution in [0, 0.1) is 5.92 Å². The van der Waals surface area contributed by atoms with Crippen LogP contribution in [0.15, 0.2) is 42.5 Å². The first kappa shape index (κ1) is 19.8. The van der Waals surface area contributed by atoms with Crippen LogP contribution in [-0.2, 0) is 17.7 Å². The number of anilines is 1. The van der Waals surface area contributed by atoms with Gasteiger partial charge in [0.05, 0.1) is 7.11 Å². The van der Waals surface area contributed by atoms with Crippen LogP contribution in [0.3, 0.4) is 0 Å². The van der Waals surface area contributed by atoms with Crippen LogP contribution in [0.4, 0.5) is 5.69 Å². The monoisotopic (exact) mass is 394 g/mol. The molecule has 1 saturated heterocycles. The molecule has 0 bridgehead atoms. The van der Waals surface area contributed by atoms with E-state index in [4.69, 9.17) is 9.47 Å². The maximum absolute atomic E-state index is 13.6. The zero-order chi connectivity index (χ0) is 20.4. The number of hydrogen-bond donors (Lipinski definition) is 0. The van der Waals surface area contributed by atoms with Gasteiger partial charge < -0.3 is 19.3 Å². The summed E-state index contributed by atoms with van der Waals surface area (Å²) in [4.78, 5) is 17.7. The summed E-state index contributed by atoms with van der Waals surface area (Å²) < 4.78 is 11.0. The largest absolute Gasteiger partial charge is 0.497 e. The summed E-state index contributed by atoms with van der Waals surface area (Å²) in [5.41, 5.74) is 4.31. The normalized spacial score (nSPS) is 19.6. The van der Waals surface area contributed by atoms with Crippen molar-refractivity contribution >= 4 is 11.6 Å². The number of hydrogen-bond acceptors (Lipinski definition) is 4. The van der Waals surface area contributed by atoms with Gasteiger partial charge in [-0.2, -0.15) is 0 Å². The van der Waals surface area contributed by atoms with E-state index in [0.29, 0.717) is 12.5 Å². The van der Waals surface area contributed by atoms with Gasteiger partial charge in [0.15, 0.2) is 0 Å². The van der Waals surface area contributed by atoms with E-state index in [1.165, 1.54) is 11.1 Å². The Bertz CT molecular complexity index is 874. The van der Waals surface area contributed by atoms with Gasteiger partial charge in [-0.15, -0.1) is 0 Å². The van der Waals surface area contributed by atoms with Gasteiger partial charge in [0.1, 0.15) is 5.75 Å². The molecule has 2 aliphatic rings. The lowest BCUT2D eigenvalue weighted by Gasteiger charge is -2.42. The Kier molecular flexibility index (Phi) is 5.76. The quantitative estimate of drug-likeness (QED) is 0.792. The minimum atomic E-state index is 0.117. The topological polar surface area (TPSA) is 42.0 Å². The lowest BCUT2D eigenvalue weighted by Crippen LogP contribution is -2.49. The Morgan fingerprint density at radius 1 is 1.10 bits per heavy atom. The summed E-state index contributed by atoms with van der Waals surface area (Å²) in [7, 11) is 5.70. The van der Waals surface area contributed by atoms with Crippen LogP contribution in [0.1, 0.15) is 34.3 Å². The van der Waals surface area contributed by atoms with Crippen LogP contribution >= 0.6 is 0 Å². The molecule has 154 valence electrons. The Labute approximate surface area is 173 Å². The van der Waals surface area contributed by atoms with Crippen molar-refractivity contribution in [2.24, 2.45) is 5.92 Å². The predicted molar refractivity (Wildman–Crippen MR) is 115 cm³/mol. The molecular weight excluding hydrogens is 364 g/mol. The summed E-state index contributed by atoms with van der Waals surface area (Å²) in [6.45, 7) is 2.21. The van der Waals surface area contributed by atoms with Crippen molar-refractivity contribution in [3.63, 3.8) is 0 Å². The number of methoxy groups -OCH3 is 1. The smallest absolute Gasteiger partial charge is 0.254 e. The van der Waals surface area contributed by atoms with Crippen molar-refractivity contribution in [3.05, 3.63) is 59.2 Å². The fourth-order valence-electron chi connectivity index (χ4n) is 4.54. The summed E-state index contributed by atoms with van der Waals surface area (Å²) >= 11 is 0. The molecule has 29 heavy (non-hydrogen) atoms. The highest BCUT2D eigenvalue weighted by Gasteiger charge is 2.36. The lowest BCUT2D eigenvalue weighted by molar-refractivity contribution is 0.0180. The molecule has 0 spiro atoms. The highest BCUT2D eigenvalue weighted by molar-refractivity contribution is 5.95. The summed E-state index contributed by atoms with van der Waals surface area (Å²) in [5.74, 6) is 1.46. The minimum Gasteiger partial charge on any atom is -0.497 e. The second kappa shape index (κ2) is 8.46. The van der Waals surface area contributed by atoms with Crippen LogP contribution in [0.2, 0.25) is 0 Å². The van der Waals surface area contributed by atoms with E-state index >= 15 is 0 Å². The fraction of sp³-hybridized carbons (Fsp3) is 0.458. The van der Waals surface area contributed by atoms with Gasteiger partial charge in [0, 0.05) is 51.1 Å². The third-order valence-electron chi connectivity index (χ3n) is 6.26. The van der Waals surface area contributed by atoms with Crippen molar-refractivity contribution in [1.82, 2.24) is 4.90 Å². The van der Waals surface area contributed by atoms with E-state index in [-0.39, 0.29) is 11.9 Å². The number of carbonyl (C=O) groups excluding carboxylic acids is 1. The fourth-order valence-corrected chi connectivity index (χ4v) is 4.54. The van der Waals surface area contributed by atoms with Crippen molar-refractivity contribution < 1.29 is 14.3 Å². The molecule has 2 aromatic rings. The third kappa shape index (κ3) is 4.10. The zero-order valence-corrected chi connectivity index (χ0v) is 17.6. The number of fused-ring (bicyclic) bond motifs is 1. The Morgan fingerprint density at radius 3 is 2.62 bits per heavy atom. The molecule has 0 N–H and O–H groups in total. The SMILES string of the molecule is COc1ccc2c(c1)C[C@H](C1CCOCC1)N(C(=O)c1cccc(N(C)C)c1)C2. The van der Waals surface area contributed by atoms with Gasteiger partial charge in [-0.25, -0.2) is 0 Å². The number of benzene rings is 2. The average molecular weight is 395 g/mol. The molecule has 1 amide bonds. The number of amides is 1. The van der Waals surface area contributed by atoms with Gasteiger partial charge in [-0.1, -0.05) is 12.1 Å². The zero-order valence-electron chi connectivity index (χ0n) is 17.6. The molecule has 0 radical (unpaired) electrons. The van der Waals surface area contributed by atoms with Gasteiger partial charge in [-0.05, 0) is 66.6 Å². The van der Waals surface area contributed by atoms with Crippen LogP contribution < -0.4 is 9.64 Å². The maximum Gasteiger partial charge on any atom is 0.254 e. The highest BCUT2D eigenvalue weighted by atomic mass is 16.5. The molecule has 0 saturated carbocycles. The summed E-state index contributed by atoms with van der Waals surface area (Å²) in [6.07, 6.45) is 2.88. The van der Waals surface area contributed by atoms with E-state index in [9.17, 15) is 4.79 Å². The second-order valence-electron chi connectivity index (χ2n) is 8.23. The summed E-state index contributed by atoms with van der Waals surface area (Å²) in [6, 6.07) is 14.3. The van der Waals surface area contributed by atoms with Gasteiger partial charge in [-0.3, -0.25) is 4.79 Å². The van der Waals surface area contributed by atoms with Gasteiger partial charge in [0.25, 0.3) is 5.91 Å². The van der Waals surface area contributed by atoms with Crippen LogP contribution in [0.5, 0.6) is 5.75 Å². The Hall–Kier alpha value is -2.53. The van der Waals surface area contributed by atoms with Gasteiger partial charge >= 0.3 is 0 Å². The summed E-state index contributed by atoms with van der Waals surface area (Å²) in [5, 5.41) is 0. The van der Waals surface area contributed by atoms with Crippen molar-refractivity contribution in [2.45, 2.75) is 31.8 Å². The van der Waals surface area contributed by atoms with Crippen molar-refractivity contribution in [2.75, 3.05) is 39.3 Å². The number of carbonyl (C=O) groups is 1. The van der Waals surface area contributed by atoms with Crippen LogP contribution in [0.25, 0.3) is 0 Å². The molecule has 2 heterocycles. The molecule has 0 unspecified atom stereocenters. The highest BCUT2D eigenvalue weighted by Crippen LogP contribution is 2.34. The number of rotatable bonds is 4. The van der Waals surface area contributed by atoms with E-state index in [0.717, 1.165) is 49.5 Å². The lowest BCUT2D eigenvalue weighted by atomic mass is 9.82. The van der Waals surface area contributed by atoms with Crippen molar-refractivity contribution in [3.8, 4) is 5.75 Å². The molecular formula is C24H30N2O3. The van der Waals surface area contributed by atoms with Crippen LogP contribution in [-0.4, -0.2) is 51.3 Å². The minimum absolute atomic E-state index is 0.117. The molecule has 0 aromatic heterocycles. The van der Waals surface area contributed by atoms with E-state index < -0.39 is 0 Å². The molecule has 2 aliphatic heterocycles. The molecule has 4 rings (SSSR count). The Morgan fingerprint density at radius 2 is 1.90 bits per heavy atom. The van der Waals surface area contributed by atoms with E-state index in [1.807, 2.05) is 49.3 Å². The van der Waals surface area contributed by atoms with Gasteiger partial charge in [0.2, 0.25) is 0 Å².